The Hall–Kier alpha value is -2.16. The maximum absolute atomic E-state index is 12.2. The highest BCUT2D eigenvalue weighted by Crippen LogP contribution is 2.23. The molecule has 0 bridgehead atoms. The highest BCUT2D eigenvalue weighted by molar-refractivity contribution is 5.90. The van der Waals surface area contributed by atoms with Crippen LogP contribution in [0, 0.1) is 6.92 Å². The fraction of sp³-hybridized carbons (Fsp3) is 0.294. The van der Waals surface area contributed by atoms with Gasteiger partial charge in [-0.15, -0.1) is 0 Å². The number of nitrogens with zero attached hydrogens (tertiary/aromatic N) is 1. The molecule has 1 aromatic carbocycles. The predicted octanol–water partition coefficient (Wildman–Crippen LogP) is 3.04. The molecule has 0 radical (unpaired) electrons. The van der Waals surface area contributed by atoms with Crippen molar-refractivity contribution >= 4 is 11.6 Å². The van der Waals surface area contributed by atoms with Gasteiger partial charge in [0, 0.05) is 24.7 Å². The Morgan fingerprint density at radius 1 is 1.15 bits per heavy atom. The molecule has 0 aliphatic rings. The number of anilines is 1. The van der Waals surface area contributed by atoms with E-state index in [1.807, 2.05) is 54.1 Å². The van der Waals surface area contributed by atoms with Gasteiger partial charge in [-0.25, -0.2) is 0 Å². The number of rotatable bonds is 4. The minimum absolute atomic E-state index is 0.00241. The quantitative estimate of drug-likeness (QED) is 0.850. The number of nitrogens with one attached hydrogen (secondary N) is 1. The number of carbonyl (C=O) groups excluding carboxylic acids is 1. The van der Waals surface area contributed by atoms with E-state index in [0.717, 1.165) is 16.9 Å². The lowest BCUT2D eigenvalue weighted by Crippen LogP contribution is -2.42. The van der Waals surface area contributed by atoms with E-state index in [4.69, 9.17) is 0 Å². The number of hydrogen-bond donors (Lipinski definition) is 1. The summed E-state index contributed by atoms with van der Waals surface area (Å²) in [6.45, 7) is 6.58. The monoisotopic (exact) mass is 269 g/mol. The van der Waals surface area contributed by atoms with E-state index in [0.29, 0.717) is 12.5 Å². The summed E-state index contributed by atoms with van der Waals surface area (Å²) < 4.78 is 1.94. The van der Waals surface area contributed by atoms with Crippen molar-refractivity contribution in [3.05, 3.63) is 59.9 Å². The first-order valence-electron chi connectivity index (χ1n) is 6.92. The second-order valence-electron chi connectivity index (χ2n) is 5.26. The molecule has 0 atom stereocenters. The average molecular weight is 269 g/mol. The Morgan fingerprint density at radius 3 is 2.55 bits per heavy atom. The van der Waals surface area contributed by atoms with E-state index in [9.17, 15) is 4.79 Å². The van der Waals surface area contributed by atoms with Crippen molar-refractivity contribution in [3.63, 3.8) is 0 Å². The lowest BCUT2D eigenvalue weighted by Gasteiger charge is -2.12. The maximum atomic E-state index is 12.2. The number of hydrogen-bond acceptors (Lipinski definition) is 1. The van der Waals surface area contributed by atoms with Crippen LogP contribution in [0.2, 0.25) is 0 Å². The van der Waals surface area contributed by atoms with E-state index < -0.39 is 0 Å². The minimum Gasteiger partial charge on any atom is -0.320 e. The van der Waals surface area contributed by atoms with Crippen molar-refractivity contribution in [2.45, 2.75) is 33.2 Å². The number of amides is 1. The summed E-state index contributed by atoms with van der Waals surface area (Å²) in [5.41, 5.74) is 3.14. The molecule has 0 saturated carbocycles. The van der Waals surface area contributed by atoms with Crippen molar-refractivity contribution in [3.8, 4) is 0 Å². The number of aromatic nitrogens is 1. The van der Waals surface area contributed by atoms with Crippen LogP contribution in [-0.2, 0) is 11.3 Å². The Bertz CT molecular complexity index is 605. The first-order chi connectivity index (χ1) is 9.58. The zero-order chi connectivity index (χ0) is 14.5. The molecular formula is C17H21N2O+. The number of carbonyl (C=O) groups is 1. The van der Waals surface area contributed by atoms with Gasteiger partial charge in [0.1, 0.15) is 0 Å². The van der Waals surface area contributed by atoms with Crippen LogP contribution in [0.4, 0.5) is 5.69 Å². The van der Waals surface area contributed by atoms with E-state index in [1.165, 1.54) is 0 Å². The smallest absolute Gasteiger partial charge is 0.290 e. The lowest BCUT2D eigenvalue weighted by atomic mass is 10.0. The van der Waals surface area contributed by atoms with Gasteiger partial charge in [0.05, 0.1) is 0 Å². The van der Waals surface area contributed by atoms with Gasteiger partial charge >= 0.3 is 0 Å². The fourth-order valence-electron chi connectivity index (χ4n) is 2.20. The van der Waals surface area contributed by atoms with Crippen molar-refractivity contribution < 1.29 is 9.36 Å². The summed E-state index contributed by atoms with van der Waals surface area (Å²) in [5, 5.41) is 3.01. The molecule has 0 spiro atoms. The zero-order valence-corrected chi connectivity index (χ0v) is 12.3. The first kappa shape index (κ1) is 14.3. The van der Waals surface area contributed by atoms with Gasteiger partial charge in [0.15, 0.2) is 11.9 Å². The van der Waals surface area contributed by atoms with E-state index in [1.54, 1.807) is 0 Å². The van der Waals surface area contributed by atoms with Gasteiger partial charge in [-0.1, -0.05) is 38.1 Å². The highest BCUT2D eigenvalue weighted by atomic mass is 16.1. The number of benzene rings is 1. The number of para-hydroxylation sites is 1. The first-order valence-corrected chi connectivity index (χ1v) is 6.92. The molecular weight excluding hydrogens is 248 g/mol. The molecule has 1 N–H and O–H groups in total. The van der Waals surface area contributed by atoms with Crippen LogP contribution in [0.5, 0.6) is 0 Å². The number of aryl methyl sites for hydroxylation is 1. The van der Waals surface area contributed by atoms with Crippen LogP contribution in [0.25, 0.3) is 0 Å². The van der Waals surface area contributed by atoms with Crippen LogP contribution in [-0.4, -0.2) is 5.91 Å². The Kier molecular flexibility index (Phi) is 4.51. The Labute approximate surface area is 120 Å². The summed E-state index contributed by atoms with van der Waals surface area (Å²) in [6, 6.07) is 13.9. The molecule has 0 unspecified atom stereocenters. The number of pyridine rings is 1. The molecule has 2 rings (SSSR count). The largest absolute Gasteiger partial charge is 0.320 e. The van der Waals surface area contributed by atoms with Gasteiger partial charge in [0.25, 0.3) is 5.91 Å². The third-order valence-electron chi connectivity index (χ3n) is 3.34. The second kappa shape index (κ2) is 6.33. The summed E-state index contributed by atoms with van der Waals surface area (Å²) in [4.78, 5) is 12.2. The second-order valence-corrected chi connectivity index (χ2v) is 5.26. The van der Waals surface area contributed by atoms with Crippen LogP contribution < -0.4 is 9.88 Å². The third kappa shape index (κ3) is 3.44. The summed E-state index contributed by atoms with van der Waals surface area (Å²) in [7, 11) is 0. The molecule has 1 aromatic heterocycles. The molecule has 3 heteroatoms. The average Bonchev–Trinajstić information content (AvgIpc) is 2.41. The third-order valence-corrected chi connectivity index (χ3v) is 3.34. The summed E-state index contributed by atoms with van der Waals surface area (Å²) in [6.07, 6.45) is 1.92. The van der Waals surface area contributed by atoms with Crippen LogP contribution in [0.15, 0.2) is 48.7 Å². The van der Waals surface area contributed by atoms with Gasteiger partial charge in [0.2, 0.25) is 6.54 Å². The highest BCUT2D eigenvalue weighted by Gasteiger charge is 2.14. The van der Waals surface area contributed by atoms with Crippen molar-refractivity contribution in [2.75, 3.05) is 5.32 Å². The topological polar surface area (TPSA) is 33.0 Å². The van der Waals surface area contributed by atoms with E-state index >= 15 is 0 Å². The molecule has 0 aliphatic heterocycles. The molecule has 2 aromatic rings. The molecule has 1 heterocycles. The molecule has 3 nitrogen and oxygen atoms in total. The summed E-state index contributed by atoms with van der Waals surface area (Å²) >= 11 is 0. The SMILES string of the molecule is Cc1cccc[n+]1CC(=O)Nc1ccccc1C(C)C. The van der Waals surface area contributed by atoms with Gasteiger partial charge in [-0.3, -0.25) is 4.79 Å². The van der Waals surface area contributed by atoms with Crippen molar-refractivity contribution in [1.29, 1.82) is 0 Å². The zero-order valence-electron chi connectivity index (χ0n) is 12.3. The van der Waals surface area contributed by atoms with Crippen LogP contribution >= 0.6 is 0 Å². The molecule has 1 amide bonds. The lowest BCUT2D eigenvalue weighted by molar-refractivity contribution is -0.690. The van der Waals surface area contributed by atoms with Crippen molar-refractivity contribution in [1.82, 2.24) is 0 Å². The minimum atomic E-state index is -0.00241. The molecule has 0 fully saturated rings. The molecule has 0 saturated heterocycles. The van der Waals surface area contributed by atoms with Gasteiger partial charge in [-0.2, -0.15) is 4.57 Å². The van der Waals surface area contributed by atoms with Gasteiger partial charge < -0.3 is 5.32 Å². The van der Waals surface area contributed by atoms with Gasteiger partial charge in [-0.05, 0) is 17.5 Å². The van der Waals surface area contributed by atoms with Crippen LogP contribution in [0.1, 0.15) is 31.0 Å². The van der Waals surface area contributed by atoms with E-state index in [2.05, 4.69) is 25.2 Å². The van der Waals surface area contributed by atoms with Crippen molar-refractivity contribution in [2.24, 2.45) is 0 Å². The normalized spacial score (nSPS) is 10.6. The van der Waals surface area contributed by atoms with E-state index in [-0.39, 0.29) is 5.91 Å². The fourth-order valence-corrected chi connectivity index (χ4v) is 2.20. The molecule has 20 heavy (non-hydrogen) atoms. The van der Waals surface area contributed by atoms with Crippen LogP contribution in [0.3, 0.4) is 0 Å². The molecule has 0 aliphatic carbocycles. The molecule has 104 valence electrons. The summed E-state index contributed by atoms with van der Waals surface area (Å²) in [5.74, 6) is 0.384. The Morgan fingerprint density at radius 2 is 1.85 bits per heavy atom. The standard InChI is InChI=1S/C17H20N2O/c1-13(2)15-9-4-5-10-16(15)18-17(20)12-19-11-7-6-8-14(19)3/h4-11,13H,12H2,1-3H3/p+1. The maximum Gasteiger partial charge on any atom is 0.290 e. The predicted molar refractivity (Wildman–Crippen MR) is 80.5 cm³/mol. The Balaban J connectivity index is 2.11.